The maximum absolute atomic E-state index is 5.36. The summed E-state index contributed by atoms with van der Waals surface area (Å²) in [5.74, 6) is 2.87. The van der Waals surface area contributed by atoms with Gasteiger partial charge in [-0.1, -0.05) is 29.1 Å². The highest BCUT2D eigenvalue weighted by Crippen LogP contribution is 2.25. The molecule has 0 spiro atoms. The average Bonchev–Trinajstić information content (AvgIpc) is 3.27. The Morgan fingerprint density at radius 2 is 2.04 bits per heavy atom. The van der Waals surface area contributed by atoms with E-state index in [0.29, 0.717) is 23.2 Å². The lowest BCUT2D eigenvalue weighted by Gasteiger charge is -2.02. The van der Waals surface area contributed by atoms with E-state index in [4.69, 9.17) is 9.26 Å². The van der Waals surface area contributed by atoms with E-state index in [-0.39, 0.29) is 0 Å². The van der Waals surface area contributed by atoms with Crippen molar-refractivity contribution in [3.05, 3.63) is 47.6 Å². The van der Waals surface area contributed by atoms with E-state index < -0.39 is 0 Å². The van der Waals surface area contributed by atoms with Gasteiger partial charge in [0.1, 0.15) is 5.75 Å². The van der Waals surface area contributed by atoms with Crippen LogP contribution >= 0.6 is 11.8 Å². The molecule has 0 saturated carbocycles. The molecule has 0 saturated heterocycles. The van der Waals surface area contributed by atoms with E-state index in [1.165, 1.54) is 11.8 Å². The highest BCUT2D eigenvalue weighted by molar-refractivity contribution is 7.98. The van der Waals surface area contributed by atoms with Gasteiger partial charge in [-0.25, -0.2) is 4.98 Å². The standard InChI is InChI=1S/C17H16N6O2S/c1-10-7-11(2)23-16(18-10)20-21-17(23)26-9-14-19-15(22-25-14)12-5-4-6-13(8-12)24-3/h4-8H,9H2,1-3H3. The Balaban J connectivity index is 1.53. The minimum Gasteiger partial charge on any atom is -0.497 e. The van der Waals surface area contributed by atoms with Gasteiger partial charge in [-0.05, 0) is 32.0 Å². The fourth-order valence-corrected chi connectivity index (χ4v) is 3.44. The predicted octanol–water partition coefficient (Wildman–Crippen LogP) is 3.09. The van der Waals surface area contributed by atoms with Crippen LogP contribution in [-0.2, 0) is 5.75 Å². The molecule has 132 valence electrons. The fraction of sp³-hybridized carbons (Fsp3) is 0.235. The van der Waals surface area contributed by atoms with E-state index in [9.17, 15) is 0 Å². The maximum atomic E-state index is 5.36. The minimum atomic E-state index is 0.491. The second-order valence-corrected chi connectivity index (χ2v) is 6.63. The van der Waals surface area contributed by atoms with Gasteiger partial charge in [0.15, 0.2) is 5.16 Å². The van der Waals surface area contributed by atoms with Gasteiger partial charge in [-0.3, -0.25) is 4.40 Å². The number of fused-ring (bicyclic) bond motifs is 1. The normalized spacial score (nSPS) is 11.2. The molecule has 0 unspecified atom stereocenters. The van der Waals surface area contributed by atoms with E-state index in [1.54, 1.807) is 7.11 Å². The summed E-state index contributed by atoms with van der Waals surface area (Å²) in [4.78, 5) is 8.83. The lowest BCUT2D eigenvalue weighted by molar-refractivity contribution is 0.391. The Hall–Kier alpha value is -2.94. The predicted molar refractivity (Wildman–Crippen MR) is 96.1 cm³/mol. The molecule has 26 heavy (non-hydrogen) atoms. The van der Waals surface area contributed by atoms with Crippen molar-refractivity contribution < 1.29 is 9.26 Å². The quantitative estimate of drug-likeness (QED) is 0.496. The molecule has 0 aliphatic heterocycles. The smallest absolute Gasteiger partial charge is 0.256 e. The summed E-state index contributed by atoms with van der Waals surface area (Å²) in [6, 6.07) is 9.53. The summed E-state index contributed by atoms with van der Waals surface area (Å²) >= 11 is 1.47. The van der Waals surface area contributed by atoms with Crippen molar-refractivity contribution in [3.63, 3.8) is 0 Å². The summed E-state index contributed by atoms with van der Waals surface area (Å²) < 4.78 is 12.5. The lowest BCUT2D eigenvalue weighted by atomic mass is 10.2. The van der Waals surface area contributed by atoms with Crippen LogP contribution in [-0.4, -0.2) is 36.8 Å². The largest absolute Gasteiger partial charge is 0.497 e. The first kappa shape index (κ1) is 16.5. The van der Waals surface area contributed by atoms with Crippen LogP contribution in [0.5, 0.6) is 5.75 Å². The van der Waals surface area contributed by atoms with E-state index in [1.807, 2.05) is 48.6 Å². The van der Waals surface area contributed by atoms with Crippen LogP contribution in [0.1, 0.15) is 17.3 Å². The molecule has 4 rings (SSSR count). The first-order valence-corrected chi connectivity index (χ1v) is 8.92. The van der Waals surface area contributed by atoms with Crippen LogP contribution in [0.25, 0.3) is 17.2 Å². The number of methoxy groups -OCH3 is 1. The second kappa shape index (κ2) is 6.75. The second-order valence-electron chi connectivity index (χ2n) is 5.69. The zero-order valence-electron chi connectivity index (χ0n) is 14.5. The maximum Gasteiger partial charge on any atom is 0.256 e. The minimum absolute atomic E-state index is 0.491. The summed E-state index contributed by atoms with van der Waals surface area (Å²) in [5, 5.41) is 13.1. The Morgan fingerprint density at radius 3 is 2.88 bits per heavy atom. The molecule has 0 aliphatic rings. The molecule has 3 heterocycles. The van der Waals surface area contributed by atoms with Crippen LogP contribution in [0.15, 0.2) is 40.0 Å². The van der Waals surface area contributed by atoms with Gasteiger partial charge in [0.2, 0.25) is 11.7 Å². The van der Waals surface area contributed by atoms with E-state index in [0.717, 1.165) is 27.9 Å². The molecule has 3 aromatic heterocycles. The van der Waals surface area contributed by atoms with Crippen molar-refractivity contribution in [3.8, 4) is 17.1 Å². The number of ether oxygens (including phenoxy) is 1. The van der Waals surface area contributed by atoms with Gasteiger partial charge >= 0.3 is 0 Å². The van der Waals surface area contributed by atoms with Crippen LogP contribution in [0, 0.1) is 13.8 Å². The molecular weight excluding hydrogens is 352 g/mol. The summed E-state index contributed by atoms with van der Waals surface area (Å²) in [6.07, 6.45) is 0. The summed E-state index contributed by atoms with van der Waals surface area (Å²) in [6.45, 7) is 3.94. The first-order valence-electron chi connectivity index (χ1n) is 7.93. The third-order valence-electron chi connectivity index (χ3n) is 3.78. The van der Waals surface area contributed by atoms with Gasteiger partial charge in [0, 0.05) is 17.0 Å². The zero-order valence-corrected chi connectivity index (χ0v) is 15.3. The molecule has 0 amide bonds. The number of rotatable bonds is 5. The van der Waals surface area contributed by atoms with Gasteiger partial charge in [0.05, 0.1) is 12.9 Å². The van der Waals surface area contributed by atoms with Crippen molar-refractivity contribution in [1.82, 2.24) is 29.7 Å². The first-order chi connectivity index (χ1) is 12.6. The number of hydrogen-bond acceptors (Lipinski definition) is 8. The third-order valence-corrected chi connectivity index (χ3v) is 4.70. The monoisotopic (exact) mass is 368 g/mol. The molecule has 0 fully saturated rings. The molecule has 9 heteroatoms. The molecule has 1 aromatic carbocycles. The summed E-state index contributed by atoms with van der Waals surface area (Å²) in [5.41, 5.74) is 2.79. The molecule has 0 N–H and O–H groups in total. The molecular formula is C17H16N6O2S. The van der Waals surface area contributed by atoms with Gasteiger partial charge in [0.25, 0.3) is 5.78 Å². The molecule has 0 atom stereocenters. The highest BCUT2D eigenvalue weighted by atomic mass is 32.2. The lowest BCUT2D eigenvalue weighted by Crippen LogP contribution is -1.97. The number of benzene rings is 1. The van der Waals surface area contributed by atoms with Crippen molar-refractivity contribution in [1.29, 1.82) is 0 Å². The van der Waals surface area contributed by atoms with Gasteiger partial charge < -0.3 is 9.26 Å². The summed E-state index contributed by atoms with van der Waals surface area (Å²) in [7, 11) is 1.62. The Bertz CT molecular complexity index is 1070. The van der Waals surface area contributed by atoms with Crippen LogP contribution < -0.4 is 4.74 Å². The average molecular weight is 368 g/mol. The number of aromatic nitrogens is 6. The fourth-order valence-electron chi connectivity index (χ4n) is 2.61. The molecule has 0 aliphatic carbocycles. The Labute approximate surface area is 153 Å². The van der Waals surface area contributed by atoms with Crippen LogP contribution in [0.2, 0.25) is 0 Å². The van der Waals surface area contributed by atoms with Crippen LogP contribution in [0.4, 0.5) is 0 Å². The molecule has 0 bridgehead atoms. The molecule has 8 nitrogen and oxygen atoms in total. The Kier molecular flexibility index (Phi) is 4.29. The Morgan fingerprint density at radius 1 is 1.15 bits per heavy atom. The van der Waals surface area contributed by atoms with Crippen molar-refractivity contribution >= 4 is 17.5 Å². The molecule has 4 aromatic rings. The van der Waals surface area contributed by atoms with E-state index in [2.05, 4.69) is 25.3 Å². The zero-order chi connectivity index (χ0) is 18.1. The van der Waals surface area contributed by atoms with E-state index >= 15 is 0 Å². The molecule has 0 radical (unpaired) electrons. The SMILES string of the molecule is COc1cccc(-c2noc(CSc3nnc4nc(C)cc(C)n34)n2)c1. The number of hydrogen-bond donors (Lipinski definition) is 0. The third kappa shape index (κ3) is 3.13. The number of thioether (sulfide) groups is 1. The van der Waals surface area contributed by atoms with Crippen molar-refractivity contribution in [2.75, 3.05) is 7.11 Å². The number of aryl methyl sites for hydroxylation is 2. The van der Waals surface area contributed by atoms with Crippen molar-refractivity contribution in [2.45, 2.75) is 24.8 Å². The van der Waals surface area contributed by atoms with Gasteiger partial charge in [-0.15, -0.1) is 10.2 Å². The topological polar surface area (TPSA) is 91.2 Å². The van der Waals surface area contributed by atoms with Crippen LogP contribution in [0.3, 0.4) is 0 Å². The highest BCUT2D eigenvalue weighted by Gasteiger charge is 2.14. The van der Waals surface area contributed by atoms with Gasteiger partial charge in [-0.2, -0.15) is 4.98 Å². The number of nitrogens with zero attached hydrogens (tertiary/aromatic N) is 6. The van der Waals surface area contributed by atoms with Crippen molar-refractivity contribution in [2.24, 2.45) is 0 Å².